The lowest BCUT2D eigenvalue weighted by Gasteiger charge is -2.26. The molecular formula is C10H22O4. The molecule has 0 heterocycles. The fourth-order valence-electron chi connectivity index (χ4n) is 1.14. The SMILES string of the molecule is COC(OC)C(O)CCC(C)(C)OC. The van der Waals surface area contributed by atoms with E-state index in [-0.39, 0.29) is 5.60 Å². The van der Waals surface area contributed by atoms with E-state index in [1.54, 1.807) is 7.11 Å². The molecule has 0 fully saturated rings. The first-order chi connectivity index (χ1) is 6.46. The summed E-state index contributed by atoms with van der Waals surface area (Å²) in [7, 11) is 4.69. The second kappa shape index (κ2) is 6.35. The van der Waals surface area contributed by atoms with E-state index in [4.69, 9.17) is 14.2 Å². The molecule has 0 radical (unpaired) electrons. The van der Waals surface area contributed by atoms with Gasteiger partial charge in [-0.15, -0.1) is 0 Å². The number of hydrogen-bond acceptors (Lipinski definition) is 4. The Morgan fingerprint density at radius 1 is 1.14 bits per heavy atom. The molecule has 0 saturated carbocycles. The minimum atomic E-state index is -0.612. The van der Waals surface area contributed by atoms with Crippen LogP contribution in [0.3, 0.4) is 0 Å². The van der Waals surface area contributed by atoms with Gasteiger partial charge in [-0.05, 0) is 26.7 Å². The van der Waals surface area contributed by atoms with Gasteiger partial charge in [-0.2, -0.15) is 0 Å². The quantitative estimate of drug-likeness (QED) is 0.635. The van der Waals surface area contributed by atoms with Crippen LogP contribution in [0.15, 0.2) is 0 Å². The van der Waals surface area contributed by atoms with Gasteiger partial charge in [-0.1, -0.05) is 0 Å². The van der Waals surface area contributed by atoms with Gasteiger partial charge >= 0.3 is 0 Å². The fraction of sp³-hybridized carbons (Fsp3) is 1.00. The molecule has 14 heavy (non-hydrogen) atoms. The average Bonchev–Trinajstić information content (AvgIpc) is 2.17. The monoisotopic (exact) mass is 206 g/mol. The standard InChI is InChI=1S/C10H22O4/c1-10(2,14-5)7-6-8(11)9(12-3)13-4/h8-9,11H,6-7H2,1-5H3. The van der Waals surface area contributed by atoms with E-state index in [0.29, 0.717) is 6.42 Å². The second-order valence-corrected chi connectivity index (χ2v) is 3.91. The lowest BCUT2D eigenvalue weighted by Crippen LogP contribution is -2.32. The van der Waals surface area contributed by atoms with Crippen LogP contribution in [0, 0.1) is 0 Å². The molecule has 0 aromatic rings. The van der Waals surface area contributed by atoms with Crippen molar-refractivity contribution in [2.24, 2.45) is 0 Å². The van der Waals surface area contributed by atoms with Crippen molar-refractivity contribution in [3.63, 3.8) is 0 Å². The highest BCUT2D eigenvalue weighted by molar-refractivity contribution is 4.71. The topological polar surface area (TPSA) is 47.9 Å². The summed E-state index contributed by atoms with van der Waals surface area (Å²) in [6, 6.07) is 0. The first-order valence-corrected chi connectivity index (χ1v) is 4.75. The van der Waals surface area contributed by atoms with Gasteiger partial charge in [0.15, 0.2) is 6.29 Å². The zero-order valence-corrected chi connectivity index (χ0v) is 9.74. The van der Waals surface area contributed by atoms with E-state index >= 15 is 0 Å². The first-order valence-electron chi connectivity index (χ1n) is 4.75. The second-order valence-electron chi connectivity index (χ2n) is 3.91. The van der Waals surface area contributed by atoms with Crippen molar-refractivity contribution in [2.75, 3.05) is 21.3 Å². The van der Waals surface area contributed by atoms with E-state index in [9.17, 15) is 5.11 Å². The van der Waals surface area contributed by atoms with Gasteiger partial charge < -0.3 is 19.3 Å². The largest absolute Gasteiger partial charge is 0.388 e. The molecule has 4 nitrogen and oxygen atoms in total. The highest BCUT2D eigenvalue weighted by Gasteiger charge is 2.23. The summed E-state index contributed by atoms with van der Waals surface area (Å²) in [5, 5.41) is 9.66. The van der Waals surface area contributed by atoms with Gasteiger partial charge in [-0.25, -0.2) is 0 Å². The zero-order chi connectivity index (χ0) is 11.2. The van der Waals surface area contributed by atoms with E-state index < -0.39 is 12.4 Å². The Labute approximate surface area is 86.2 Å². The maximum absolute atomic E-state index is 9.66. The van der Waals surface area contributed by atoms with E-state index in [1.807, 2.05) is 13.8 Å². The van der Waals surface area contributed by atoms with Crippen molar-refractivity contribution in [2.45, 2.75) is 44.7 Å². The minimum absolute atomic E-state index is 0.215. The Morgan fingerprint density at radius 3 is 2.00 bits per heavy atom. The van der Waals surface area contributed by atoms with Crippen molar-refractivity contribution < 1.29 is 19.3 Å². The van der Waals surface area contributed by atoms with Crippen LogP contribution in [0.25, 0.3) is 0 Å². The molecule has 1 atom stereocenters. The Hall–Kier alpha value is -0.160. The summed E-state index contributed by atoms with van der Waals surface area (Å²) >= 11 is 0. The number of methoxy groups -OCH3 is 3. The Bertz CT molecular complexity index is 143. The van der Waals surface area contributed by atoms with E-state index in [1.165, 1.54) is 14.2 Å². The summed E-state index contributed by atoms with van der Waals surface area (Å²) in [5.74, 6) is 0. The first kappa shape index (κ1) is 13.8. The number of aliphatic hydroxyl groups is 1. The van der Waals surface area contributed by atoms with Crippen LogP contribution < -0.4 is 0 Å². The summed E-state index contributed by atoms with van der Waals surface area (Å²) in [4.78, 5) is 0. The Balaban J connectivity index is 3.88. The van der Waals surface area contributed by atoms with Crippen LogP contribution in [0.5, 0.6) is 0 Å². The molecule has 86 valence electrons. The van der Waals surface area contributed by atoms with Gasteiger partial charge in [0.05, 0.1) is 5.60 Å². The lowest BCUT2D eigenvalue weighted by molar-refractivity contribution is -0.168. The maximum Gasteiger partial charge on any atom is 0.182 e. The molecule has 0 aromatic heterocycles. The van der Waals surface area contributed by atoms with Gasteiger partial charge in [0.1, 0.15) is 6.10 Å². The van der Waals surface area contributed by atoms with Crippen molar-refractivity contribution in [3.05, 3.63) is 0 Å². The summed E-state index contributed by atoms with van der Waals surface area (Å²) in [6.07, 6.45) is 0.184. The van der Waals surface area contributed by atoms with Crippen molar-refractivity contribution in [3.8, 4) is 0 Å². The van der Waals surface area contributed by atoms with Gasteiger partial charge in [-0.3, -0.25) is 0 Å². The maximum atomic E-state index is 9.66. The van der Waals surface area contributed by atoms with Gasteiger partial charge in [0.2, 0.25) is 0 Å². The molecule has 0 aliphatic rings. The molecule has 0 aromatic carbocycles. The predicted molar refractivity (Wildman–Crippen MR) is 54.1 cm³/mol. The van der Waals surface area contributed by atoms with Crippen molar-refractivity contribution in [1.29, 1.82) is 0 Å². The van der Waals surface area contributed by atoms with E-state index in [0.717, 1.165) is 6.42 Å². The number of hydrogen-bond donors (Lipinski definition) is 1. The Morgan fingerprint density at radius 2 is 1.64 bits per heavy atom. The van der Waals surface area contributed by atoms with Crippen LogP contribution in [-0.2, 0) is 14.2 Å². The summed E-state index contributed by atoms with van der Waals surface area (Å²) < 4.78 is 15.1. The van der Waals surface area contributed by atoms with Crippen LogP contribution in [0.4, 0.5) is 0 Å². The molecule has 4 heteroatoms. The van der Waals surface area contributed by atoms with Crippen molar-refractivity contribution in [1.82, 2.24) is 0 Å². The molecule has 0 spiro atoms. The van der Waals surface area contributed by atoms with Gasteiger partial charge in [0.25, 0.3) is 0 Å². The predicted octanol–water partition coefficient (Wildman–Crippen LogP) is 1.17. The molecule has 0 amide bonds. The molecule has 1 unspecified atom stereocenters. The Kier molecular flexibility index (Phi) is 6.27. The lowest BCUT2D eigenvalue weighted by atomic mass is 10.00. The van der Waals surface area contributed by atoms with Crippen LogP contribution in [0.1, 0.15) is 26.7 Å². The normalized spacial score (nSPS) is 14.8. The molecule has 1 N–H and O–H groups in total. The number of ether oxygens (including phenoxy) is 3. The third-order valence-corrected chi connectivity index (χ3v) is 2.37. The zero-order valence-electron chi connectivity index (χ0n) is 9.74. The highest BCUT2D eigenvalue weighted by Crippen LogP contribution is 2.18. The molecule has 0 bridgehead atoms. The van der Waals surface area contributed by atoms with Crippen LogP contribution in [-0.4, -0.2) is 44.4 Å². The molecule has 0 aliphatic carbocycles. The highest BCUT2D eigenvalue weighted by atomic mass is 16.7. The molecule has 0 aliphatic heterocycles. The molecule has 0 saturated heterocycles. The number of aliphatic hydroxyl groups excluding tert-OH is 1. The number of rotatable bonds is 7. The summed E-state index contributed by atoms with van der Waals surface area (Å²) in [6.45, 7) is 3.96. The minimum Gasteiger partial charge on any atom is -0.388 e. The average molecular weight is 206 g/mol. The molecular weight excluding hydrogens is 184 g/mol. The smallest absolute Gasteiger partial charge is 0.182 e. The van der Waals surface area contributed by atoms with Gasteiger partial charge in [0, 0.05) is 21.3 Å². The fourth-order valence-corrected chi connectivity index (χ4v) is 1.14. The molecule has 0 rings (SSSR count). The third-order valence-electron chi connectivity index (χ3n) is 2.37. The van der Waals surface area contributed by atoms with Crippen molar-refractivity contribution >= 4 is 0 Å². The van der Waals surface area contributed by atoms with Crippen LogP contribution in [0.2, 0.25) is 0 Å². The summed E-state index contributed by atoms with van der Waals surface area (Å²) in [5.41, 5.74) is -0.215. The third kappa shape index (κ3) is 4.91. The van der Waals surface area contributed by atoms with E-state index in [2.05, 4.69) is 0 Å². The van der Waals surface area contributed by atoms with Crippen LogP contribution >= 0.6 is 0 Å².